The van der Waals surface area contributed by atoms with E-state index in [9.17, 15) is 26.3 Å². The highest BCUT2D eigenvalue weighted by molar-refractivity contribution is 5.32. The van der Waals surface area contributed by atoms with Crippen molar-refractivity contribution in [3.63, 3.8) is 0 Å². The van der Waals surface area contributed by atoms with Gasteiger partial charge in [-0.1, -0.05) is 19.8 Å². The van der Waals surface area contributed by atoms with E-state index in [1.807, 2.05) is 0 Å². The molecule has 0 bridgehead atoms. The fourth-order valence-electron chi connectivity index (χ4n) is 5.35. The van der Waals surface area contributed by atoms with Gasteiger partial charge in [-0.05, 0) is 86.8 Å². The molecule has 0 heterocycles. The number of halogens is 6. The molecule has 2 aliphatic carbocycles. The molecule has 0 atom stereocenters. The molecule has 1 aromatic rings. The van der Waals surface area contributed by atoms with E-state index in [0.717, 1.165) is 32.1 Å². The van der Waals surface area contributed by atoms with Gasteiger partial charge in [0.2, 0.25) is 0 Å². The Morgan fingerprint density at radius 3 is 1.93 bits per heavy atom. The van der Waals surface area contributed by atoms with Gasteiger partial charge >= 0.3 is 6.18 Å². The molecular formula is C24H30F6. The van der Waals surface area contributed by atoms with Crippen molar-refractivity contribution in [2.75, 3.05) is 0 Å². The number of benzene rings is 1. The summed E-state index contributed by atoms with van der Waals surface area (Å²) in [7, 11) is 0. The minimum atomic E-state index is -4.69. The molecule has 0 radical (unpaired) electrons. The summed E-state index contributed by atoms with van der Waals surface area (Å²) < 4.78 is 80.5. The van der Waals surface area contributed by atoms with Gasteiger partial charge in [0.05, 0.1) is 6.08 Å². The maximum absolute atomic E-state index is 14.9. The van der Waals surface area contributed by atoms with Crippen molar-refractivity contribution < 1.29 is 26.3 Å². The molecule has 168 valence electrons. The lowest BCUT2D eigenvalue weighted by Gasteiger charge is -2.30. The molecule has 1 aromatic carbocycles. The van der Waals surface area contributed by atoms with Gasteiger partial charge in [0.25, 0.3) is 0 Å². The van der Waals surface area contributed by atoms with Crippen LogP contribution in [0.4, 0.5) is 26.3 Å². The minimum Gasteiger partial charge on any atom is -0.212 e. The van der Waals surface area contributed by atoms with Gasteiger partial charge in [0, 0.05) is 11.5 Å². The van der Waals surface area contributed by atoms with Gasteiger partial charge in [-0.3, -0.25) is 0 Å². The van der Waals surface area contributed by atoms with E-state index in [4.69, 9.17) is 0 Å². The third-order valence-electron chi connectivity index (χ3n) is 6.94. The van der Waals surface area contributed by atoms with Crippen LogP contribution in [-0.4, -0.2) is 6.18 Å². The summed E-state index contributed by atoms with van der Waals surface area (Å²) >= 11 is 0. The number of hydrogen-bond acceptors (Lipinski definition) is 0. The molecule has 30 heavy (non-hydrogen) atoms. The molecule has 3 rings (SSSR count). The lowest BCUT2D eigenvalue weighted by atomic mass is 9.75. The summed E-state index contributed by atoms with van der Waals surface area (Å²) in [6, 6.07) is 2.89. The van der Waals surface area contributed by atoms with Crippen LogP contribution in [0.25, 0.3) is 0 Å². The molecule has 0 N–H and O–H groups in total. The van der Waals surface area contributed by atoms with Crippen LogP contribution in [0.5, 0.6) is 0 Å². The van der Waals surface area contributed by atoms with E-state index in [1.54, 1.807) is 0 Å². The number of alkyl halides is 3. The fourth-order valence-corrected chi connectivity index (χ4v) is 5.35. The monoisotopic (exact) mass is 432 g/mol. The first kappa shape index (κ1) is 23.2. The summed E-state index contributed by atoms with van der Waals surface area (Å²) in [6.07, 6.45) is 2.30. The molecule has 0 aromatic heterocycles. The zero-order valence-electron chi connectivity index (χ0n) is 17.4. The van der Waals surface area contributed by atoms with Crippen LogP contribution in [0.3, 0.4) is 0 Å². The Labute approximate surface area is 174 Å². The molecule has 2 saturated carbocycles. The summed E-state index contributed by atoms with van der Waals surface area (Å²) in [5.41, 5.74) is 0.716. The van der Waals surface area contributed by atoms with Crippen molar-refractivity contribution in [1.29, 1.82) is 0 Å². The molecule has 0 spiro atoms. The quantitative estimate of drug-likeness (QED) is 0.408. The lowest BCUT2D eigenvalue weighted by Crippen LogP contribution is -2.18. The van der Waals surface area contributed by atoms with Gasteiger partial charge < -0.3 is 0 Å². The second-order valence-corrected chi connectivity index (χ2v) is 9.02. The average Bonchev–Trinajstić information content (AvgIpc) is 2.67. The van der Waals surface area contributed by atoms with Crippen molar-refractivity contribution >= 4 is 0 Å². The number of rotatable bonds is 5. The topological polar surface area (TPSA) is 0 Å². The highest BCUT2D eigenvalue weighted by Crippen LogP contribution is 2.43. The Bertz CT molecular complexity index is 712. The Kier molecular flexibility index (Phi) is 7.56. The van der Waals surface area contributed by atoms with Crippen molar-refractivity contribution in [1.82, 2.24) is 0 Å². The number of hydrogen-bond donors (Lipinski definition) is 0. The maximum atomic E-state index is 14.9. The maximum Gasteiger partial charge on any atom is 0.412 e. The smallest absolute Gasteiger partial charge is 0.212 e. The molecule has 6 heteroatoms. The Hall–Kier alpha value is -1.46. The van der Waals surface area contributed by atoms with Crippen LogP contribution in [0.15, 0.2) is 24.0 Å². The Morgan fingerprint density at radius 1 is 0.900 bits per heavy atom. The molecule has 2 aliphatic rings. The van der Waals surface area contributed by atoms with Crippen LogP contribution >= 0.6 is 0 Å². The SMILES string of the molecule is CCCC1CCC(c2cc(F)c(C3CCC(/C(F)=C/C(F)(F)F)CC3)c(F)c2)CC1. The van der Waals surface area contributed by atoms with Crippen LogP contribution in [0.2, 0.25) is 0 Å². The molecule has 0 unspecified atom stereocenters. The predicted octanol–water partition coefficient (Wildman–Crippen LogP) is 8.73. The van der Waals surface area contributed by atoms with Gasteiger partial charge in [0.1, 0.15) is 17.5 Å². The second kappa shape index (κ2) is 9.78. The van der Waals surface area contributed by atoms with Gasteiger partial charge in [-0.15, -0.1) is 0 Å². The molecule has 0 amide bonds. The molecule has 2 fully saturated rings. The van der Waals surface area contributed by atoms with Crippen LogP contribution in [-0.2, 0) is 0 Å². The molecule has 0 aliphatic heterocycles. The predicted molar refractivity (Wildman–Crippen MR) is 106 cm³/mol. The first-order chi connectivity index (χ1) is 14.2. The van der Waals surface area contributed by atoms with Crippen molar-refractivity contribution in [3.8, 4) is 0 Å². The normalized spacial score (nSPS) is 28.6. The van der Waals surface area contributed by atoms with E-state index >= 15 is 0 Å². The van der Waals surface area contributed by atoms with Crippen molar-refractivity contribution in [2.45, 2.75) is 89.1 Å². The van der Waals surface area contributed by atoms with Crippen LogP contribution < -0.4 is 0 Å². The zero-order chi connectivity index (χ0) is 21.9. The van der Waals surface area contributed by atoms with Gasteiger partial charge in [-0.25, -0.2) is 13.2 Å². The molecule has 0 saturated heterocycles. The summed E-state index contributed by atoms with van der Waals surface area (Å²) in [5.74, 6) is -2.70. The lowest BCUT2D eigenvalue weighted by molar-refractivity contribution is -0.0820. The standard InChI is InChI=1S/C24H30F6/c1-2-3-15-4-6-16(7-5-15)19-12-20(25)23(21(26)13-19)18-10-8-17(9-11-18)22(27)14-24(28,29)30/h12-18H,2-11H2,1H3/b22-14-. The minimum absolute atomic E-state index is 0.0112. The van der Waals surface area contributed by atoms with Gasteiger partial charge in [0.15, 0.2) is 0 Å². The zero-order valence-corrected chi connectivity index (χ0v) is 17.4. The van der Waals surface area contributed by atoms with E-state index < -0.39 is 35.5 Å². The van der Waals surface area contributed by atoms with E-state index in [0.29, 0.717) is 11.5 Å². The van der Waals surface area contributed by atoms with E-state index in [-0.39, 0.29) is 43.2 Å². The summed E-state index contributed by atoms with van der Waals surface area (Å²) in [6.45, 7) is 2.17. The summed E-state index contributed by atoms with van der Waals surface area (Å²) in [4.78, 5) is 0. The van der Waals surface area contributed by atoms with E-state index in [2.05, 4.69) is 6.92 Å². The fraction of sp³-hybridized carbons (Fsp3) is 0.667. The Balaban J connectivity index is 1.65. The largest absolute Gasteiger partial charge is 0.412 e. The third kappa shape index (κ3) is 5.82. The van der Waals surface area contributed by atoms with E-state index in [1.165, 1.54) is 18.6 Å². The van der Waals surface area contributed by atoms with Crippen LogP contribution in [0, 0.1) is 23.5 Å². The van der Waals surface area contributed by atoms with Crippen molar-refractivity contribution in [2.24, 2.45) is 11.8 Å². The summed E-state index contributed by atoms with van der Waals surface area (Å²) in [5, 5.41) is 0. The van der Waals surface area contributed by atoms with Crippen LogP contribution in [0.1, 0.15) is 94.1 Å². The first-order valence-electron chi connectivity index (χ1n) is 11.1. The Morgan fingerprint density at radius 2 is 1.43 bits per heavy atom. The number of allylic oxidation sites excluding steroid dienone is 2. The third-order valence-corrected chi connectivity index (χ3v) is 6.94. The van der Waals surface area contributed by atoms with Gasteiger partial charge in [-0.2, -0.15) is 13.2 Å². The molecule has 0 nitrogen and oxygen atoms in total. The highest BCUT2D eigenvalue weighted by atomic mass is 19.4. The molecular weight excluding hydrogens is 402 g/mol. The van der Waals surface area contributed by atoms with Crippen molar-refractivity contribution in [3.05, 3.63) is 46.8 Å². The first-order valence-corrected chi connectivity index (χ1v) is 11.1. The average molecular weight is 432 g/mol. The second-order valence-electron chi connectivity index (χ2n) is 9.02. The highest BCUT2D eigenvalue weighted by Gasteiger charge is 2.33.